The Bertz CT molecular complexity index is 677. The molecule has 3 rings (SSSR count). The molecule has 2 heterocycles. The molecule has 2 aromatic rings. The lowest BCUT2D eigenvalue weighted by Gasteiger charge is -2.32. The topological polar surface area (TPSA) is 76.2 Å². The number of benzene rings is 1. The van der Waals surface area contributed by atoms with Crippen LogP contribution in [0.4, 0.5) is 0 Å². The molecule has 0 aliphatic carbocycles. The van der Waals surface area contributed by atoms with E-state index in [0.29, 0.717) is 18.8 Å². The van der Waals surface area contributed by atoms with Gasteiger partial charge in [0.2, 0.25) is 0 Å². The van der Waals surface area contributed by atoms with Crippen molar-refractivity contribution in [3.63, 3.8) is 0 Å². The highest BCUT2D eigenvalue weighted by Gasteiger charge is 2.25. The minimum Gasteiger partial charge on any atom is -0.492 e. The standard InChI is InChI=1S/C16H19N5O2/c1-20-12-18-19-16(20)15-11-21(7-9-23-15)6-8-22-14-4-2-13(10-17)3-5-14/h2-5,12,15H,6-9,11H2,1H3/t15-/m0/s1. The summed E-state index contributed by atoms with van der Waals surface area (Å²) in [6.07, 6.45) is 1.64. The van der Waals surface area contributed by atoms with Crippen LogP contribution in [0.1, 0.15) is 17.5 Å². The van der Waals surface area contributed by atoms with Crippen molar-refractivity contribution in [2.24, 2.45) is 7.05 Å². The summed E-state index contributed by atoms with van der Waals surface area (Å²) in [6.45, 7) is 3.75. The number of hydrogen-bond acceptors (Lipinski definition) is 6. The van der Waals surface area contributed by atoms with Gasteiger partial charge in [-0.2, -0.15) is 5.26 Å². The van der Waals surface area contributed by atoms with Gasteiger partial charge in [-0.15, -0.1) is 10.2 Å². The smallest absolute Gasteiger partial charge is 0.163 e. The monoisotopic (exact) mass is 313 g/mol. The van der Waals surface area contributed by atoms with Crippen LogP contribution in [0.5, 0.6) is 5.75 Å². The molecule has 1 aromatic heterocycles. The molecule has 0 N–H and O–H groups in total. The van der Waals surface area contributed by atoms with Gasteiger partial charge in [0.15, 0.2) is 5.82 Å². The van der Waals surface area contributed by atoms with Crippen LogP contribution in [-0.4, -0.2) is 52.5 Å². The Morgan fingerprint density at radius 1 is 1.39 bits per heavy atom. The molecular weight excluding hydrogens is 294 g/mol. The molecule has 1 aromatic carbocycles. The van der Waals surface area contributed by atoms with Gasteiger partial charge in [-0.1, -0.05) is 0 Å². The van der Waals surface area contributed by atoms with Gasteiger partial charge in [0.05, 0.1) is 18.2 Å². The largest absolute Gasteiger partial charge is 0.492 e. The van der Waals surface area contributed by atoms with E-state index in [2.05, 4.69) is 21.2 Å². The summed E-state index contributed by atoms with van der Waals surface area (Å²) in [5.41, 5.74) is 0.636. The molecule has 1 aliphatic rings. The van der Waals surface area contributed by atoms with Crippen molar-refractivity contribution in [2.45, 2.75) is 6.10 Å². The Morgan fingerprint density at radius 2 is 2.22 bits per heavy atom. The van der Waals surface area contributed by atoms with E-state index in [1.807, 2.05) is 23.7 Å². The summed E-state index contributed by atoms with van der Waals surface area (Å²) >= 11 is 0. The van der Waals surface area contributed by atoms with E-state index in [9.17, 15) is 0 Å². The first-order valence-electron chi connectivity index (χ1n) is 7.57. The minimum absolute atomic E-state index is 0.0498. The number of rotatable bonds is 5. The second kappa shape index (κ2) is 7.22. The maximum Gasteiger partial charge on any atom is 0.163 e. The van der Waals surface area contributed by atoms with Crippen LogP contribution in [0.15, 0.2) is 30.6 Å². The zero-order valence-electron chi connectivity index (χ0n) is 13.1. The van der Waals surface area contributed by atoms with Crippen LogP contribution in [0.3, 0.4) is 0 Å². The summed E-state index contributed by atoms with van der Waals surface area (Å²) in [7, 11) is 1.92. The van der Waals surface area contributed by atoms with E-state index in [1.165, 1.54) is 0 Å². The number of nitriles is 1. The third-order valence-corrected chi connectivity index (χ3v) is 3.84. The summed E-state index contributed by atoms with van der Waals surface area (Å²) in [4.78, 5) is 2.30. The first-order valence-corrected chi connectivity index (χ1v) is 7.57. The molecule has 1 saturated heterocycles. The molecule has 7 heteroatoms. The van der Waals surface area contributed by atoms with Crippen molar-refractivity contribution < 1.29 is 9.47 Å². The molecular formula is C16H19N5O2. The van der Waals surface area contributed by atoms with Crippen molar-refractivity contribution in [2.75, 3.05) is 32.8 Å². The molecule has 120 valence electrons. The lowest BCUT2D eigenvalue weighted by Crippen LogP contribution is -2.41. The van der Waals surface area contributed by atoms with E-state index in [0.717, 1.165) is 31.2 Å². The summed E-state index contributed by atoms with van der Waals surface area (Å²) in [6, 6.07) is 9.25. The molecule has 1 aliphatic heterocycles. The van der Waals surface area contributed by atoms with Gasteiger partial charge in [0.1, 0.15) is 24.8 Å². The molecule has 0 unspecified atom stereocenters. The number of ether oxygens (including phenoxy) is 2. The van der Waals surface area contributed by atoms with Crippen molar-refractivity contribution in [3.05, 3.63) is 42.0 Å². The predicted molar refractivity (Wildman–Crippen MR) is 82.8 cm³/mol. The Kier molecular flexibility index (Phi) is 4.86. The fraction of sp³-hybridized carbons (Fsp3) is 0.438. The lowest BCUT2D eigenvalue weighted by atomic mass is 10.2. The van der Waals surface area contributed by atoms with E-state index in [4.69, 9.17) is 14.7 Å². The molecule has 0 amide bonds. The normalized spacial score (nSPS) is 18.5. The summed E-state index contributed by atoms with van der Waals surface area (Å²) < 4.78 is 13.4. The summed E-state index contributed by atoms with van der Waals surface area (Å²) in [5, 5.41) is 16.8. The molecule has 1 atom stereocenters. The second-order valence-corrected chi connectivity index (χ2v) is 5.44. The average molecular weight is 313 g/mol. The van der Waals surface area contributed by atoms with E-state index in [1.54, 1.807) is 18.5 Å². The highest BCUT2D eigenvalue weighted by Crippen LogP contribution is 2.19. The fourth-order valence-electron chi connectivity index (χ4n) is 2.56. The average Bonchev–Trinajstić information content (AvgIpc) is 3.02. The van der Waals surface area contributed by atoms with Gasteiger partial charge in [-0.3, -0.25) is 4.90 Å². The molecule has 0 bridgehead atoms. The Labute approximate surface area is 135 Å². The van der Waals surface area contributed by atoms with Crippen LogP contribution < -0.4 is 4.74 Å². The highest BCUT2D eigenvalue weighted by molar-refractivity contribution is 5.34. The minimum atomic E-state index is -0.0498. The van der Waals surface area contributed by atoms with Crippen LogP contribution >= 0.6 is 0 Å². The first-order chi connectivity index (χ1) is 11.3. The summed E-state index contributed by atoms with van der Waals surface area (Å²) in [5.74, 6) is 1.63. The maximum atomic E-state index is 8.78. The predicted octanol–water partition coefficient (Wildman–Crippen LogP) is 1.14. The van der Waals surface area contributed by atoms with Crippen molar-refractivity contribution in [1.29, 1.82) is 5.26 Å². The second-order valence-electron chi connectivity index (χ2n) is 5.44. The molecule has 23 heavy (non-hydrogen) atoms. The van der Waals surface area contributed by atoms with Gasteiger partial charge in [-0.05, 0) is 24.3 Å². The van der Waals surface area contributed by atoms with Gasteiger partial charge < -0.3 is 14.0 Å². The van der Waals surface area contributed by atoms with Gasteiger partial charge in [-0.25, -0.2) is 0 Å². The van der Waals surface area contributed by atoms with Crippen LogP contribution in [-0.2, 0) is 11.8 Å². The van der Waals surface area contributed by atoms with Crippen molar-refractivity contribution in [1.82, 2.24) is 19.7 Å². The number of nitrogens with zero attached hydrogens (tertiary/aromatic N) is 5. The Morgan fingerprint density at radius 3 is 2.91 bits per heavy atom. The molecule has 0 radical (unpaired) electrons. The van der Waals surface area contributed by atoms with Gasteiger partial charge in [0, 0.05) is 26.7 Å². The maximum absolute atomic E-state index is 8.78. The SMILES string of the molecule is Cn1cnnc1[C@@H]1CN(CCOc2ccc(C#N)cc2)CCO1. The van der Waals surface area contributed by atoms with Crippen LogP contribution in [0, 0.1) is 11.3 Å². The van der Waals surface area contributed by atoms with E-state index >= 15 is 0 Å². The van der Waals surface area contributed by atoms with Gasteiger partial charge >= 0.3 is 0 Å². The molecule has 7 nitrogen and oxygen atoms in total. The van der Waals surface area contributed by atoms with Crippen molar-refractivity contribution >= 4 is 0 Å². The zero-order valence-corrected chi connectivity index (χ0v) is 13.1. The number of morpholine rings is 1. The number of aromatic nitrogens is 3. The van der Waals surface area contributed by atoms with Crippen LogP contribution in [0.2, 0.25) is 0 Å². The van der Waals surface area contributed by atoms with Gasteiger partial charge in [0.25, 0.3) is 0 Å². The zero-order chi connectivity index (χ0) is 16.1. The van der Waals surface area contributed by atoms with Crippen LogP contribution in [0.25, 0.3) is 0 Å². The Balaban J connectivity index is 1.48. The number of aryl methyl sites for hydroxylation is 1. The number of hydrogen-bond donors (Lipinski definition) is 0. The van der Waals surface area contributed by atoms with Crippen molar-refractivity contribution in [3.8, 4) is 11.8 Å². The fourth-order valence-corrected chi connectivity index (χ4v) is 2.56. The third-order valence-electron chi connectivity index (χ3n) is 3.84. The molecule has 0 saturated carbocycles. The third kappa shape index (κ3) is 3.86. The quantitative estimate of drug-likeness (QED) is 0.824. The molecule has 1 fully saturated rings. The Hall–Kier alpha value is -2.43. The highest BCUT2D eigenvalue weighted by atomic mass is 16.5. The lowest BCUT2D eigenvalue weighted by molar-refractivity contribution is -0.0384. The molecule has 0 spiro atoms. The first kappa shape index (κ1) is 15.5. The van der Waals surface area contributed by atoms with E-state index in [-0.39, 0.29) is 6.10 Å². The van der Waals surface area contributed by atoms with E-state index < -0.39 is 0 Å².